The summed E-state index contributed by atoms with van der Waals surface area (Å²) < 4.78 is 0. The molecule has 0 spiro atoms. The lowest BCUT2D eigenvalue weighted by atomic mass is 10.4. The molecular weight excluding hydrogens is 130 g/mol. The van der Waals surface area contributed by atoms with Gasteiger partial charge in [-0.05, 0) is 18.2 Å². The Labute approximate surface area is 57.0 Å². The molecule has 0 aromatic carbocycles. The number of rotatable bonds is 0. The summed E-state index contributed by atoms with van der Waals surface area (Å²) in [4.78, 5) is 24.5. The zero-order chi connectivity index (χ0) is 7.40. The molecule has 0 saturated carbocycles. The van der Waals surface area contributed by atoms with Crippen molar-refractivity contribution < 1.29 is 0 Å². The predicted octanol–water partition coefficient (Wildman–Crippen LogP) is -0.198. The van der Waals surface area contributed by atoms with Gasteiger partial charge in [-0.15, -0.1) is 0 Å². The summed E-state index contributed by atoms with van der Waals surface area (Å²) in [7, 11) is 0. The van der Waals surface area contributed by atoms with Crippen LogP contribution in [-0.2, 0) is 0 Å². The third-order valence-electron chi connectivity index (χ3n) is 0.939. The summed E-state index contributed by atoms with van der Waals surface area (Å²) in [5.74, 6) is 0. The average molecular weight is 135 g/mol. The van der Waals surface area contributed by atoms with E-state index in [1.54, 1.807) is 0 Å². The second-order valence-electron chi connectivity index (χ2n) is 1.71. The van der Waals surface area contributed by atoms with Gasteiger partial charge in [0.25, 0.3) is 5.56 Å². The lowest BCUT2D eigenvalue weighted by molar-refractivity contribution is 1.25. The highest BCUT2D eigenvalue weighted by Gasteiger charge is 1.76. The topological polar surface area (TPSA) is 47.0 Å². The van der Waals surface area contributed by atoms with Crippen molar-refractivity contribution in [2.45, 2.75) is 0 Å². The highest BCUT2D eigenvalue weighted by atomic mass is 16.1. The van der Waals surface area contributed by atoms with Crippen molar-refractivity contribution in [1.82, 2.24) is 4.98 Å². The molecule has 0 amide bonds. The minimum Gasteiger partial charge on any atom is -0.290 e. The molecule has 1 aromatic heterocycles. The van der Waals surface area contributed by atoms with Gasteiger partial charge < -0.3 is 0 Å². The van der Waals surface area contributed by atoms with Crippen LogP contribution in [-0.4, -0.2) is 4.98 Å². The summed E-state index contributed by atoms with van der Waals surface area (Å²) in [5, 5.41) is 0. The molecule has 3 heteroatoms. The number of hydrogen-bond acceptors (Lipinski definition) is 3. The van der Waals surface area contributed by atoms with Gasteiger partial charge in [0.2, 0.25) is 0 Å². The normalized spacial score (nSPS) is 8.80. The molecule has 0 unspecified atom stereocenters. The van der Waals surface area contributed by atoms with E-state index in [9.17, 15) is 9.59 Å². The lowest BCUT2D eigenvalue weighted by Gasteiger charge is -1.70. The summed E-state index contributed by atoms with van der Waals surface area (Å²) in [6, 6.07) is 5.10. The SMILES string of the molecule is O=c1cccnc(=O)cc1. The van der Waals surface area contributed by atoms with E-state index >= 15 is 0 Å². The maximum Gasteiger partial charge on any atom is 0.269 e. The molecule has 10 heavy (non-hydrogen) atoms. The van der Waals surface area contributed by atoms with Gasteiger partial charge >= 0.3 is 0 Å². The molecule has 0 atom stereocenters. The van der Waals surface area contributed by atoms with Crippen LogP contribution in [0.25, 0.3) is 0 Å². The fourth-order valence-electron chi connectivity index (χ4n) is 0.506. The molecule has 0 aliphatic heterocycles. The molecule has 0 saturated heterocycles. The van der Waals surface area contributed by atoms with Gasteiger partial charge in [-0.3, -0.25) is 9.59 Å². The predicted molar refractivity (Wildman–Crippen MR) is 36.8 cm³/mol. The highest BCUT2D eigenvalue weighted by molar-refractivity contribution is 4.94. The third-order valence-corrected chi connectivity index (χ3v) is 0.939. The Bertz CT molecular complexity index is 301. The molecule has 50 valence electrons. The molecule has 0 aliphatic rings. The molecule has 0 N–H and O–H groups in total. The van der Waals surface area contributed by atoms with Gasteiger partial charge in [0, 0.05) is 12.3 Å². The molecule has 1 heterocycles. The average Bonchev–Trinajstić information content (AvgIpc) is 1.90. The van der Waals surface area contributed by atoms with Crippen LogP contribution in [0.5, 0.6) is 0 Å². The zero-order valence-corrected chi connectivity index (χ0v) is 5.15. The summed E-state index contributed by atoms with van der Waals surface area (Å²) >= 11 is 0. The molecule has 0 radical (unpaired) electrons. The molecule has 0 bridgehead atoms. The van der Waals surface area contributed by atoms with Gasteiger partial charge in [0.15, 0.2) is 5.43 Å². The molecule has 0 aliphatic carbocycles. The van der Waals surface area contributed by atoms with Gasteiger partial charge in [0.1, 0.15) is 0 Å². The zero-order valence-electron chi connectivity index (χ0n) is 5.15. The van der Waals surface area contributed by atoms with E-state index in [2.05, 4.69) is 4.98 Å². The largest absolute Gasteiger partial charge is 0.290 e. The van der Waals surface area contributed by atoms with Crippen molar-refractivity contribution in [3.63, 3.8) is 0 Å². The Morgan fingerprint density at radius 1 is 1.10 bits per heavy atom. The van der Waals surface area contributed by atoms with Crippen molar-refractivity contribution in [2.75, 3.05) is 0 Å². The third kappa shape index (κ3) is 1.78. The summed E-state index contributed by atoms with van der Waals surface area (Å²) in [5.41, 5.74) is -0.600. The van der Waals surface area contributed by atoms with Crippen LogP contribution in [0.15, 0.2) is 40.1 Å². The first kappa shape index (κ1) is 6.61. The Hall–Kier alpha value is -1.51. The van der Waals surface area contributed by atoms with Gasteiger partial charge in [0.05, 0.1) is 0 Å². The summed E-state index contributed by atoms with van der Waals surface area (Å²) in [6.07, 6.45) is 1.30. The van der Waals surface area contributed by atoms with Crippen molar-refractivity contribution in [2.24, 2.45) is 0 Å². The Morgan fingerprint density at radius 3 is 2.70 bits per heavy atom. The van der Waals surface area contributed by atoms with Crippen LogP contribution < -0.4 is 11.0 Å². The molecule has 3 nitrogen and oxygen atoms in total. The first-order chi connectivity index (χ1) is 4.79. The lowest BCUT2D eigenvalue weighted by Crippen LogP contribution is -2.02. The maximum atomic E-state index is 10.6. The first-order valence-electron chi connectivity index (χ1n) is 2.76. The molecule has 1 rings (SSSR count). The van der Waals surface area contributed by atoms with Crippen LogP contribution in [0.4, 0.5) is 0 Å². The maximum absolute atomic E-state index is 10.6. The van der Waals surface area contributed by atoms with Crippen LogP contribution >= 0.6 is 0 Å². The van der Waals surface area contributed by atoms with E-state index in [0.29, 0.717) is 0 Å². The smallest absolute Gasteiger partial charge is 0.269 e. The second kappa shape index (κ2) is 2.87. The van der Waals surface area contributed by atoms with Crippen LogP contribution in [0, 0.1) is 0 Å². The minimum atomic E-state index is -0.405. The highest BCUT2D eigenvalue weighted by Crippen LogP contribution is 1.63. The van der Waals surface area contributed by atoms with Crippen LogP contribution in [0.1, 0.15) is 0 Å². The molecule has 1 aromatic rings. The number of aromatic nitrogens is 1. The monoisotopic (exact) mass is 135 g/mol. The van der Waals surface area contributed by atoms with Crippen molar-refractivity contribution in [1.29, 1.82) is 0 Å². The van der Waals surface area contributed by atoms with Gasteiger partial charge in [-0.1, -0.05) is 0 Å². The number of hydrogen-bond donors (Lipinski definition) is 0. The first-order valence-corrected chi connectivity index (χ1v) is 2.76. The quantitative estimate of drug-likeness (QED) is 0.495. The molecule has 0 fully saturated rings. The minimum absolute atomic E-state index is 0.195. The Balaban J connectivity index is 3.44. The van der Waals surface area contributed by atoms with E-state index in [0.717, 1.165) is 6.07 Å². The van der Waals surface area contributed by atoms with Crippen molar-refractivity contribution >= 4 is 0 Å². The fraction of sp³-hybridized carbons (Fsp3) is 0. The van der Waals surface area contributed by atoms with Crippen LogP contribution in [0.2, 0.25) is 0 Å². The Kier molecular flexibility index (Phi) is 1.89. The molecular formula is C7H5NO2. The number of nitrogens with zero attached hydrogens (tertiary/aromatic N) is 1. The fourth-order valence-corrected chi connectivity index (χ4v) is 0.506. The van der Waals surface area contributed by atoms with Crippen molar-refractivity contribution in [3.8, 4) is 0 Å². The standard InChI is InChI=1S/C7H5NO2/c9-6-2-1-5-8-7(10)4-3-6/h1-5H. The van der Waals surface area contributed by atoms with E-state index in [1.165, 1.54) is 24.4 Å². The van der Waals surface area contributed by atoms with Gasteiger partial charge in [-0.25, -0.2) is 4.98 Å². The summed E-state index contributed by atoms with van der Waals surface area (Å²) in [6.45, 7) is 0. The van der Waals surface area contributed by atoms with E-state index in [-0.39, 0.29) is 5.43 Å². The van der Waals surface area contributed by atoms with Crippen LogP contribution in [0.3, 0.4) is 0 Å². The Morgan fingerprint density at radius 2 is 1.90 bits per heavy atom. The van der Waals surface area contributed by atoms with Gasteiger partial charge in [-0.2, -0.15) is 0 Å². The van der Waals surface area contributed by atoms with Crippen molar-refractivity contribution in [3.05, 3.63) is 51.0 Å². The van der Waals surface area contributed by atoms with E-state index in [1.807, 2.05) is 0 Å². The van der Waals surface area contributed by atoms with E-state index < -0.39 is 5.56 Å². The second-order valence-corrected chi connectivity index (χ2v) is 1.71. The van der Waals surface area contributed by atoms with E-state index in [4.69, 9.17) is 0 Å².